The molecule has 0 heterocycles. The molecular weight excluding hydrogens is 558 g/mol. The normalized spacial score (nSPS) is 11.2. The van der Waals surface area contributed by atoms with Gasteiger partial charge in [0.25, 0.3) is 0 Å². The highest BCUT2D eigenvalue weighted by Gasteiger charge is 2.04. The van der Waals surface area contributed by atoms with Gasteiger partial charge >= 0.3 is 11.9 Å². The molecule has 0 atom stereocenters. The number of hydrogen-bond donors (Lipinski definition) is 1. The van der Waals surface area contributed by atoms with Gasteiger partial charge in [-0.15, -0.1) is 0 Å². The molecule has 0 amide bonds. The van der Waals surface area contributed by atoms with E-state index in [0.717, 1.165) is 51.6 Å². The first-order valence-corrected chi connectivity index (χ1v) is 20.2. The minimum Gasteiger partial charge on any atom is -0.466 e. The van der Waals surface area contributed by atoms with Gasteiger partial charge in [0.2, 0.25) is 0 Å². The number of esters is 2. The maximum absolute atomic E-state index is 11.9. The lowest BCUT2D eigenvalue weighted by Crippen LogP contribution is -2.20. The van der Waals surface area contributed by atoms with Gasteiger partial charge in [-0.1, -0.05) is 181 Å². The predicted molar refractivity (Wildman–Crippen MR) is 194 cm³/mol. The molecule has 0 fully saturated rings. The lowest BCUT2D eigenvalue weighted by molar-refractivity contribution is -0.144. The third-order valence-corrected chi connectivity index (χ3v) is 8.99. The molecule has 0 spiro atoms. The molecule has 5 heteroatoms. The summed E-state index contributed by atoms with van der Waals surface area (Å²) in [7, 11) is 0. The van der Waals surface area contributed by atoms with Gasteiger partial charge in [-0.2, -0.15) is 0 Å². The minimum absolute atomic E-state index is 0.0555. The zero-order valence-electron chi connectivity index (χ0n) is 30.6. The maximum atomic E-state index is 11.9. The molecule has 5 nitrogen and oxygen atoms in total. The standard InChI is InChI=1S/C40H79NO4/c1-3-5-7-9-11-13-15-17-18-20-22-24-26-28-30-34-40(43)45-38-32-36-41-35-31-37-44-39(42)33-29-27-25-23-21-19-16-14-12-10-8-6-4-2/h41H,3-38H2,1-2H3. The van der Waals surface area contributed by atoms with Crippen molar-refractivity contribution < 1.29 is 19.1 Å². The first kappa shape index (κ1) is 43.9. The van der Waals surface area contributed by atoms with Gasteiger partial charge in [0, 0.05) is 12.8 Å². The van der Waals surface area contributed by atoms with E-state index in [4.69, 9.17) is 9.47 Å². The fraction of sp³-hybridized carbons (Fsp3) is 0.950. The Morgan fingerprint density at radius 2 is 0.600 bits per heavy atom. The average molecular weight is 638 g/mol. The first-order chi connectivity index (χ1) is 22.2. The van der Waals surface area contributed by atoms with Crippen molar-refractivity contribution in [2.24, 2.45) is 0 Å². The summed E-state index contributed by atoms with van der Waals surface area (Å²) in [6.07, 6.45) is 39.9. The van der Waals surface area contributed by atoms with Crippen LogP contribution in [0.25, 0.3) is 0 Å². The van der Waals surface area contributed by atoms with E-state index in [1.807, 2.05) is 0 Å². The van der Waals surface area contributed by atoms with Gasteiger partial charge in [0.15, 0.2) is 0 Å². The molecule has 0 unspecified atom stereocenters. The maximum Gasteiger partial charge on any atom is 0.305 e. The van der Waals surface area contributed by atoms with Gasteiger partial charge in [-0.25, -0.2) is 0 Å². The van der Waals surface area contributed by atoms with Crippen LogP contribution in [0.15, 0.2) is 0 Å². The van der Waals surface area contributed by atoms with Crippen LogP contribution in [-0.4, -0.2) is 38.2 Å². The van der Waals surface area contributed by atoms with Crippen LogP contribution in [0, 0.1) is 0 Å². The second-order valence-corrected chi connectivity index (χ2v) is 13.6. The summed E-state index contributed by atoms with van der Waals surface area (Å²) in [5, 5.41) is 3.35. The van der Waals surface area contributed by atoms with Crippen LogP contribution in [0.5, 0.6) is 0 Å². The average Bonchev–Trinajstić information content (AvgIpc) is 3.04. The van der Waals surface area contributed by atoms with Gasteiger partial charge in [-0.05, 0) is 38.8 Å². The molecular formula is C40H79NO4. The van der Waals surface area contributed by atoms with Crippen LogP contribution < -0.4 is 5.32 Å². The van der Waals surface area contributed by atoms with Crippen molar-refractivity contribution in [3.63, 3.8) is 0 Å². The van der Waals surface area contributed by atoms with Crippen LogP contribution in [-0.2, 0) is 19.1 Å². The fourth-order valence-corrected chi connectivity index (χ4v) is 5.96. The molecule has 0 aromatic carbocycles. The number of ether oxygens (including phenoxy) is 2. The van der Waals surface area contributed by atoms with Crippen LogP contribution in [0.3, 0.4) is 0 Å². The number of carbonyl (C=O) groups excluding carboxylic acids is 2. The predicted octanol–water partition coefficient (Wildman–Crippen LogP) is 12.2. The number of unbranched alkanes of at least 4 members (excludes halogenated alkanes) is 26. The Kier molecular flexibility index (Phi) is 38.1. The summed E-state index contributed by atoms with van der Waals surface area (Å²) in [5.41, 5.74) is 0. The Labute approximate surface area is 281 Å². The summed E-state index contributed by atoms with van der Waals surface area (Å²) in [6, 6.07) is 0. The smallest absolute Gasteiger partial charge is 0.305 e. The molecule has 0 aliphatic rings. The van der Waals surface area contributed by atoms with Crippen LogP contribution in [0.1, 0.15) is 219 Å². The molecule has 0 aromatic rings. The minimum atomic E-state index is -0.0564. The molecule has 268 valence electrons. The van der Waals surface area contributed by atoms with Crippen LogP contribution in [0.4, 0.5) is 0 Å². The zero-order chi connectivity index (χ0) is 32.7. The highest BCUT2D eigenvalue weighted by molar-refractivity contribution is 5.69. The third kappa shape index (κ3) is 39.0. The van der Waals surface area contributed by atoms with Gasteiger partial charge in [-0.3, -0.25) is 9.59 Å². The number of rotatable bonds is 38. The quantitative estimate of drug-likeness (QED) is 0.0539. The molecule has 0 radical (unpaired) electrons. The van der Waals surface area contributed by atoms with Gasteiger partial charge in [0.05, 0.1) is 13.2 Å². The number of hydrogen-bond acceptors (Lipinski definition) is 5. The van der Waals surface area contributed by atoms with Crippen molar-refractivity contribution in [1.82, 2.24) is 5.32 Å². The van der Waals surface area contributed by atoms with E-state index in [1.54, 1.807) is 0 Å². The lowest BCUT2D eigenvalue weighted by Gasteiger charge is -2.07. The Morgan fingerprint density at radius 1 is 0.356 bits per heavy atom. The van der Waals surface area contributed by atoms with E-state index in [9.17, 15) is 9.59 Å². The summed E-state index contributed by atoms with van der Waals surface area (Å²) < 4.78 is 10.7. The van der Waals surface area contributed by atoms with E-state index in [-0.39, 0.29) is 11.9 Å². The second-order valence-electron chi connectivity index (χ2n) is 13.6. The summed E-state index contributed by atoms with van der Waals surface area (Å²) in [5.74, 6) is -0.112. The van der Waals surface area contributed by atoms with Crippen molar-refractivity contribution in [2.75, 3.05) is 26.3 Å². The molecule has 0 saturated carbocycles. The molecule has 0 aliphatic heterocycles. The molecule has 1 N–H and O–H groups in total. The third-order valence-electron chi connectivity index (χ3n) is 8.99. The number of nitrogens with one attached hydrogen (secondary N) is 1. The van der Waals surface area contributed by atoms with Crippen molar-refractivity contribution in [3.05, 3.63) is 0 Å². The summed E-state index contributed by atoms with van der Waals surface area (Å²) >= 11 is 0. The van der Waals surface area contributed by atoms with Crippen molar-refractivity contribution in [3.8, 4) is 0 Å². The molecule has 0 rings (SSSR count). The van der Waals surface area contributed by atoms with Crippen LogP contribution >= 0.6 is 0 Å². The Balaban J connectivity index is 3.23. The molecule has 0 aliphatic carbocycles. The van der Waals surface area contributed by atoms with E-state index in [2.05, 4.69) is 19.2 Å². The summed E-state index contributed by atoms with van der Waals surface area (Å²) in [6.45, 7) is 7.16. The Bertz CT molecular complexity index is 597. The van der Waals surface area contributed by atoms with Crippen molar-refractivity contribution >= 4 is 11.9 Å². The van der Waals surface area contributed by atoms with Crippen molar-refractivity contribution in [2.45, 2.75) is 219 Å². The number of carbonyl (C=O) groups is 2. The highest BCUT2D eigenvalue weighted by atomic mass is 16.5. The lowest BCUT2D eigenvalue weighted by atomic mass is 10.0. The van der Waals surface area contributed by atoms with Crippen molar-refractivity contribution in [1.29, 1.82) is 0 Å². The molecule has 0 bridgehead atoms. The monoisotopic (exact) mass is 638 g/mol. The van der Waals surface area contributed by atoms with E-state index < -0.39 is 0 Å². The molecule has 0 aromatic heterocycles. The van der Waals surface area contributed by atoms with E-state index >= 15 is 0 Å². The SMILES string of the molecule is CCCCCCCCCCCCCCCCCC(=O)OCCCNCCCOC(=O)CCCCCCCCCCCCCCC. The van der Waals surface area contributed by atoms with Gasteiger partial charge in [0.1, 0.15) is 0 Å². The van der Waals surface area contributed by atoms with Crippen LogP contribution in [0.2, 0.25) is 0 Å². The van der Waals surface area contributed by atoms with E-state index in [1.165, 1.54) is 154 Å². The molecule has 45 heavy (non-hydrogen) atoms. The fourth-order valence-electron chi connectivity index (χ4n) is 5.96. The second kappa shape index (κ2) is 39.1. The molecule has 0 saturated heterocycles. The Morgan fingerprint density at radius 3 is 0.867 bits per heavy atom. The topological polar surface area (TPSA) is 64.6 Å². The largest absolute Gasteiger partial charge is 0.466 e. The zero-order valence-corrected chi connectivity index (χ0v) is 30.6. The summed E-state index contributed by atoms with van der Waals surface area (Å²) in [4.78, 5) is 23.8. The van der Waals surface area contributed by atoms with E-state index in [0.29, 0.717) is 26.1 Å². The Hall–Kier alpha value is -1.10. The first-order valence-electron chi connectivity index (χ1n) is 20.2. The highest BCUT2D eigenvalue weighted by Crippen LogP contribution is 2.15. The van der Waals surface area contributed by atoms with Gasteiger partial charge < -0.3 is 14.8 Å².